The maximum absolute atomic E-state index is 12.9. The van der Waals surface area contributed by atoms with Crippen molar-refractivity contribution in [2.24, 2.45) is 0 Å². The fraction of sp³-hybridized carbons (Fsp3) is 0.300. The van der Waals surface area contributed by atoms with Crippen molar-refractivity contribution in [1.82, 2.24) is 5.32 Å². The van der Waals surface area contributed by atoms with Crippen molar-refractivity contribution in [3.63, 3.8) is 0 Å². The first kappa shape index (κ1) is 18.7. The number of hydrogen-bond acceptors (Lipinski definition) is 4. The number of fused-ring (bicyclic) bond motifs is 1. The number of aliphatic carboxylic acids is 1. The topological polar surface area (TPSA) is 84.9 Å². The van der Waals surface area contributed by atoms with Gasteiger partial charge in [-0.15, -0.1) is 0 Å². The minimum atomic E-state index is -1.30. The number of benzene rings is 2. The van der Waals surface area contributed by atoms with Gasteiger partial charge in [-0.05, 0) is 60.9 Å². The second-order valence-corrected chi connectivity index (χ2v) is 6.50. The van der Waals surface area contributed by atoms with Gasteiger partial charge in [-0.3, -0.25) is 4.79 Å². The van der Waals surface area contributed by atoms with Crippen LogP contribution in [0.25, 0.3) is 0 Å². The average molecular weight is 373 g/mol. The first-order chi connectivity index (χ1) is 12.8. The van der Waals surface area contributed by atoms with Crippen LogP contribution in [0.15, 0.2) is 36.4 Å². The zero-order chi connectivity index (χ0) is 19.6. The van der Waals surface area contributed by atoms with Crippen LogP contribution in [0.2, 0.25) is 0 Å². The summed E-state index contributed by atoms with van der Waals surface area (Å²) in [6.07, 6.45) is -1.58. The Kier molecular flexibility index (Phi) is 5.30. The third-order valence-electron chi connectivity index (χ3n) is 4.47. The molecular formula is C20H20FNO5. The van der Waals surface area contributed by atoms with E-state index in [1.807, 2.05) is 26.0 Å². The van der Waals surface area contributed by atoms with E-state index in [0.29, 0.717) is 12.2 Å². The number of ether oxygens (including phenoxy) is 2. The Morgan fingerprint density at radius 2 is 1.93 bits per heavy atom. The molecule has 0 saturated carbocycles. The van der Waals surface area contributed by atoms with Crippen LogP contribution >= 0.6 is 0 Å². The van der Waals surface area contributed by atoms with Crippen molar-refractivity contribution in [3.8, 4) is 11.5 Å². The van der Waals surface area contributed by atoms with Crippen LogP contribution in [0.1, 0.15) is 16.7 Å². The van der Waals surface area contributed by atoms with E-state index < -0.39 is 29.9 Å². The van der Waals surface area contributed by atoms with Gasteiger partial charge in [-0.25, -0.2) is 9.18 Å². The molecule has 0 aromatic heterocycles. The van der Waals surface area contributed by atoms with Gasteiger partial charge in [0.2, 0.25) is 6.10 Å². The predicted molar refractivity (Wildman–Crippen MR) is 95.5 cm³/mol. The van der Waals surface area contributed by atoms with Gasteiger partial charge in [-0.2, -0.15) is 0 Å². The lowest BCUT2D eigenvalue weighted by Gasteiger charge is -2.17. The highest BCUT2D eigenvalue weighted by Crippen LogP contribution is 2.31. The van der Waals surface area contributed by atoms with E-state index in [-0.39, 0.29) is 12.3 Å². The number of halogens is 1. The largest absolute Gasteiger partial charge is 0.480 e. The Labute approximate surface area is 155 Å². The standard InChI is InChI=1S/C20H20FNO5/c1-11-7-13-9-17(27-16(13)8-12(11)2)19(23)22-10-18(20(24)25)26-15-5-3-14(21)4-6-15/h3-8,17-18H,9-10H2,1-2H3,(H,22,23)(H,24,25). The summed E-state index contributed by atoms with van der Waals surface area (Å²) >= 11 is 0. The molecule has 0 aliphatic carbocycles. The lowest BCUT2D eigenvalue weighted by molar-refractivity contribution is -0.145. The Balaban J connectivity index is 1.58. The Hall–Kier alpha value is -3.09. The summed E-state index contributed by atoms with van der Waals surface area (Å²) in [5, 5.41) is 11.8. The molecular weight excluding hydrogens is 353 g/mol. The summed E-state index contributed by atoms with van der Waals surface area (Å²) in [7, 11) is 0. The Morgan fingerprint density at radius 3 is 2.59 bits per heavy atom. The normalized spacial score (nSPS) is 16.2. The number of carbonyl (C=O) groups excluding carboxylic acids is 1. The van der Waals surface area contributed by atoms with E-state index in [9.17, 15) is 19.1 Å². The fourth-order valence-electron chi connectivity index (χ4n) is 2.82. The van der Waals surface area contributed by atoms with Gasteiger partial charge in [0.1, 0.15) is 17.3 Å². The van der Waals surface area contributed by atoms with Crippen LogP contribution in [0.5, 0.6) is 11.5 Å². The van der Waals surface area contributed by atoms with Crippen LogP contribution in [-0.2, 0) is 16.0 Å². The molecule has 1 aliphatic heterocycles. The molecule has 2 aromatic carbocycles. The SMILES string of the molecule is Cc1cc2c(cc1C)OC(C(=O)NCC(Oc1ccc(F)cc1)C(=O)O)C2. The zero-order valence-electron chi connectivity index (χ0n) is 15.0. The molecule has 0 fully saturated rings. The summed E-state index contributed by atoms with van der Waals surface area (Å²) in [6.45, 7) is 3.73. The van der Waals surface area contributed by atoms with Crippen molar-refractivity contribution in [2.45, 2.75) is 32.5 Å². The van der Waals surface area contributed by atoms with Crippen molar-refractivity contribution < 1.29 is 28.6 Å². The molecule has 0 spiro atoms. The third-order valence-corrected chi connectivity index (χ3v) is 4.47. The molecule has 1 amide bonds. The van der Waals surface area contributed by atoms with E-state index in [1.54, 1.807) is 0 Å². The van der Waals surface area contributed by atoms with Crippen molar-refractivity contribution in [2.75, 3.05) is 6.54 Å². The van der Waals surface area contributed by atoms with Crippen LogP contribution in [0.3, 0.4) is 0 Å². The van der Waals surface area contributed by atoms with E-state index in [0.717, 1.165) is 16.7 Å². The first-order valence-electron chi connectivity index (χ1n) is 8.53. The quantitative estimate of drug-likeness (QED) is 0.812. The smallest absolute Gasteiger partial charge is 0.346 e. The number of amides is 1. The minimum absolute atomic E-state index is 0.202. The summed E-state index contributed by atoms with van der Waals surface area (Å²) < 4.78 is 23.9. The van der Waals surface area contributed by atoms with Crippen LogP contribution in [0, 0.1) is 19.7 Å². The van der Waals surface area contributed by atoms with E-state index >= 15 is 0 Å². The van der Waals surface area contributed by atoms with Gasteiger partial charge < -0.3 is 19.9 Å². The molecule has 2 N–H and O–H groups in total. The molecule has 6 nitrogen and oxygen atoms in total. The molecule has 0 bridgehead atoms. The number of nitrogens with one attached hydrogen (secondary N) is 1. The number of aryl methyl sites for hydroxylation is 2. The molecule has 7 heteroatoms. The van der Waals surface area contributed by atoms with Crippen LogP contribution < -0.4 is 14.8 Å². The number of carboxylic acid groups (broad SMARTS) is 1. The van der Waals surface area contributed by atoms with Gasteiger partial charge in [-0.1, -0.05) is 6.07 Å². The van der Waals surface area contributed by atoms with E-state index in [2.05, 4.69) is 5.32 Å². The monoisotopic (exact) mass is 373 g/mol. The molecule has 0 radical (unpaired) electrons. The maximum Gasteiger partial charge on any atom is 0.346 e. The molecule has 2 aromatic rings. The first-order valence-corrected chi connectivity index (χ1v) is 8.53. The highest BCUT2D eigenvalue weighted by Gasteiger charge is 2.30. The average Bonchev–Trinajstić information content (AvgIpc) is 3.03. The van der Waals surface area contributed by atoms with Crippen molar-refractivity contribution in [1.29, 1.82) is 0 Å². The summed E-state index contributed by atoms with van der Waals surface area (Å²) in [6, 6.07) is 8.88. The number of carboxylic acids is 1. The number of rotatable bonds is 6. The molecule has 1 heterocycles. The summed E-state index contributed by atoms with van der Waals surface area (Å²) in [5.41, 5.74) is 3.15. The second-order valence-electron chi connectivity index (χ2n) is 6.50. The third kappa shape index (κ3) is 4.36. The van der Waals surface area contributed by atoms with E-state index in [1.165, 1.54) is 24.3 Å². The van der Waals surface area contributed by atoms with E-state index in [4.69, 9.17) is 9.47 Å². The van der Waals surface area contributed by atoms with Gasteiger partial charge in [0.05, 0.1) is 6.54 Å². The molecule has 27 heavy (non-hydrogen) atoms. The molecule has 2 atom stereocenters. The number of carbonyl (C=O) groups is 2. The minimum Gasteiger partial charge on any atom is -0.480 e. The number of hydrogen-bond donors (Lipinski definition) is 2. The maximum atomic E-state index is 12.9. The van der Waals surface area contributed by atoms with Gasteiger partial charge >= 0.3 is 5.97 Å². The highest BCUT2D eigenvalue weighted by atomic mass is 19.1. The molecule has 142 valence electrons. The summed E-state index contributed by atoms with van der Waals surface area (Å²) in [5.74, 6) is -1.22. The van der Waals surface area contributed by atoms with Crippen LogP contribution in [-0.4, -0.2) is 35.7 Å². The highest BCUT2D eigenvalue weighted by molar-refractivity contribution is 5.83. The predicted octanol–water partition coefficient (Wildman–Crippen LogP) is 2.39. The van der Waals surface area contributed by atoms with Crippen molar-refractivity contribution >= 4 is 11.9 Å². The molecule has 2 unspecified atom stereocenters. The second kappa shape index (κ2) is 7.65. The van der Waals surface area contributed by atoms with Crippen LogP contribution in [0.4, 0.5) is 4.39 Å². The lowest BCUT2D eigenvalue weighted by Crippen LogP contribution is -2.45. The van der Waals surface area contributed by atoms with Crippen molar-refractivity contribution in [3.05, 3.63) is 58.9 Å². The molecule has 1 aliphatic rings. The Bertz CT molecular complexity index is 834. The molecule has 0 saturated heterocycles. The fourth-order valence-corrected chi connectivity index (χ4v) is 2.82. The van der Waals surface area contributed by atoms with Gasteiger partial charge in [0, 0.05) is 6.42 Å². The molecule has 3 rings (SSSR count). The summed E-state index contributed by atoms with van der Waals surface area (Å²) in [4.78, 5) is 23.8. The van der Waals surface area contributed by atoms with Gasteiger partial charge in [0.25, 0.3) is 5.91 Å². The Morgan fingerprint density at radius 1 is 1.26 bits per heavy atom. The zero-order valence-corrected chi connectivity index (χ0v) is 15.0. The lowest BCUT2D eigenvalue weighted by atomic mass is 10.0. The van der Waals surface area contributed by atoms with Gasteiger partial charge in [0.15, 0.2) is 6.10 Å².